The molecule has 0 aliphatic rings. The maximum absolute atomic E-state index is 13.5. The molecule has 0 amide bonds. The average Bonchev–Trinajstić information content (AvgIpc) is 2.32. The topological polar surface area (TPSA) is 17.1 Å². The lowest BCUT2D eigenvalue weighted by atomic mass is 10.0. The van der Waals surface area contributed by atoms with E-state index in [2.05, 4.69) is 0 Å². The van der Waals surface area contributed by atoms with Gasteiger partial charge >= 0.3 is 0 Å². The van der Waals surface area contributed by atoms with Gasteiger partial charge in [-0.25, -0.2) is 8.78 Å². The summed E-state index contributed by atoms with van der Waals surface area (Å²) in [5.41, 5.74) is 0.625. The maximum Gasteiger partial charge on any atom is 0.170 e. The van der Waals surface area contributed by atoms with Gasteiger partial charge in [-0.1, -0.05) is 23.7 Å². The molecule has 0 N–H and O–H groups in total. The van der Waals surface area contributed by atoms with Gasteiger partial charge in [-0.3, -0.25) is 4.79 Å². The zero-order chi connectivity index (χ0) is 13.1. The van der Waals surface area contributed by atoms with Gasteiger partial charge in [-0.2, -0.15) is 0 Å². The van der Waals surface area contributed by atoms with Gasteiger partial charge in [-0.05, 0) is 35.9 Å². The Balaban J connectivity index is 2.19. The van der Waals surface area contributed by atoms with E-state index in [1.807, 2.05) is 0 Å². The van der Waals surface area contributed by atoms with Crippen LogP contribution >= 0.6 is 11.6 Å². The molecule has 0 spiro atoms. The summed E-state index contributed by atoms with van der Waals surface area (Å²) in [6, 6.07) is 9.44. The second kappa shape index (κ2) is 5.27. The van der Waals surface area contributed by atoms with Crippen LogP contribution in [0.2, 0.25) is 5.02 Å². The van der Waals surface area contributed by atoms with Crippen molar-refractivity contribution < 1.29 is 13.6 Å². The summed E-state index contributed by atoms with van der Waals surface area (Å²) in [6.45, 7) is 0. The van der Waals surface area contributed by atoms with Crippen molar-refractivity contribution in [1.82, 2.24) is 0 Å². The molecule has 0 saturated heterocycles. The standard InChI is InChI=1S/C14H9ClF2O/c15-10-3-6-12(13(17)8-10)14(18)7-9-1-4-11(16)5-2-9/h1-6,8H,7H2. The molecule has 0 atom stereocenters. The van der Waals surface area contributed by atoms with Crippen molar-refractivity contribution in [3.8, 4) is 0 Å². The SMILES string of the molecule is O=C(Cc1ccc(F)cc1)c1ccc(Cl)cc1F. The largest absolute Gasteiger partial charge is 0.294 e. The van der Waals surface area contributed by atoms with Crippen molar-refractivity contribution >= 4 is 17.4 Å². The number of halogens is 3. The van der Waals surface area contributed by atoms with Gasteiger partial charge in [0.2, 0.25) is 0 Å². The lowest BCUT2D eigenvalue weighted by Gasteiger charge is -2.03. The summed E-state index contributed by atoms with van der Waals surface area (Å²) in [4.78, 5) is 11.9. The lowest BCUT2D eigenvalue weighted by molar-refractivity contribution is 0.0989. The van der Waals surface area contributed by atoms with Gasteiger partial charge in [0.25, 0.3) is 0 Å². The predicted molar refractivity (Wildman–Crippen MR) is 65.8 cm³/mol. The molecule has 92 valence electrons. The summed E-state index contributed by atoms with van der Waals surface area (Å²) in [6.07, 6.45) is 0.0266. The molecule has 1 nitrogen and oxygen atoms in total. The third-order valence-electron chi connectivity index (χ3n) is 2.51. The van der Waals surface area contributed by atoms with E-state index in [0.29, 0.717) is 5.56 Å². The molecule has 0 fully saturated rings. The van der Waals surface area contributed by atoms with Crippen LogP contribution in [0.25, 0.3) is 0 Å². The molecule has 18 heavy (non-hydrogen) atoms. The van der Waals surface area contributed by atoms with Crippen LogP contribution < -0.4 is 0 Å². The third-order valence-corrected chi connectivity index (χ3v) is 2.74. The van der Waals surface area contributed by atoms with Crippen LogP contribution in [0.1, 0.15) is 15.9 Å². The zero-order valence-electron chi connectivity index (χ0n) is 9.29. The Labute approximate surface area is 108 Å². The van der Waals surface area contributed by atoms with E-state index in [-0.39, 0.29) is 28.6 Å². The molecule has 2 rings (SSSR count). The zero-order valence-corrected chi connectivity index (χ0v) is 10.0. The molecule has 4 heteroatoms. The van der Waals surface area contributed by atoms with Gasteiger partial charge in [0, 0.05) is 11.4 Å². The van der Waals surface area contributed by atoms with E-state index < -0.39 is 5.82 Å². The summed E-state index contributed by atoms with van der Waals surface area (Å²) in [7, 11) is 0. The van der Waals surface area contributed by atoms with Crippen LogP contribution in [0.4, 0.5) is 8.78 Å². The normalized spacial score (nSPS) is 10.4. The van der Waals surface area contributed by atoms with E-state index in [1.165, 1.54) is 36.4 Å². The number of Topliss-reactive ketones (excluding diaryl/α,β-unsaturated/α-hetero) is 1. The monoisotopic (exact) mass is 266 g/mol. The fraction of sp³-hybridized carbons (Fsp3) is 0.0714. The van der Waals surface area contributed by atoms with Crippen LogP contribution in [0, 0.1) is 11.6 Å². The number of hydrogen-bond acceptors (Lipinski definition) is 1. The van der Waals surface area contributed by atoms with E-state index in [1.54, 1.807) is 0 Å². The van der Waals surface area contributed by atoms with Gasteiger partial charge in [0.15, 0.2) is 5.78 Å². The van der Waals surface area contributed by atoms with Crippen LogP contribution in [0.5, 0.6) is 0 Å². The number of ketones is 1. The molecular weight excluding hydrogens is 258 g/mol. The van der Waals surface area contributed by atoms with Crippen LogP contribution in [-0.4, -0.2) is 5.78 Å². The second-order valence-electron chi connectivity index (χ2n) is 3.85. The van der Waals surface area contributed by atoms with Crippen LogP contribution in [-0.2, 0) is 6.42 Å². The second-order valence-corrected chi connectivity index (χ2v) is 4.29. The highest BCUT2D eigenvalue weighted by molar-refractivity contribution is 6.30. The minimum atomic E-state index is -0.644. The Hall–Kier alpha value is -1.74. The Morgan fingerprint density at radius 1 is 1.06 bits per heavy atom. The van der Waals surface area contributed by atoms with Crippen molar-refractivity contribution in [2.75, 3.05) is 0 Å². The van der Waals surface area contributed by atoms with Crippen molar-refractivity contribution in [2.45, 2.75) is 6.42 Å². The molecule has 0 aliphatic carbocycles. The summed E-state index contributed by atoms with van der Waals surface area (Å²) >= 11 is 5.61. The molecular formula is C14H9ClF2O. The molecule has 0 unspecified atom stereocenters. The highest BCUT2D eigenvalue weighted by atomic mass is 35.5. The summed E-state index contributed by atoms with van der Waals surface area (Å²) < 4.78 is 26.2. The van der Waals surface area contributed by atoms with E-state index in [4.69, 9.17) is 11.6 Å². The summed E-state index contributed by atoms with van der Waals surface area (Å²) in [5, 5.41) is 0.242. The Morgan fingerprint density at radius 3 is 2.33 bits per heavy atom. The highest BCUT2D eigenvalue weighted by Gasteiger charge is 2.12. The van der Waals surface area contributed by atoms with Crippen LogP contribution in [0.15, 0.2) is 42.5 Å². The van der Waals surface area contributed by atoms with Crippen molar-refractivity contribution in [1.29, 1.82) is 0 Å². The number of hydrogen-bond donors (Lipinski definition) is 0. The minimum Gasteiger partial charge on any atom is -0.294 e. The summed E-state index contributed by atoms with van der Waals surface area (Å²) in [5.74, 6) is -1.38. The van der Waals surface area contributed by atoms with Crippen molar-refractivity contribution in [3.63, 3.8) is 0 Å². The minimum absolute atomic E-state index is 0.0104. The first-order valence-electron chi connectivity index (χ1n) is 5.29. The predicted octanol–water partition coefficient (Wildman–Crippen LogP) is 4.04. The average molecular weight is 267 g/mol. The van der Waals surface area contributed by atoms with E-state index >= 15 is 0 Å². The fourth-order valence-electron chi connectivity index (χ4n) is 1.60. The smallest absolute Gasteiger partial charge is 0.170 e. The Morgan fingerprint density at radius 2 is 1.72 bits per heavy atom. The third kappa shape index (κ3) is 2.93. The fourth-order valence-corrected chi connectivity index (χ4v) is 1.76. The molecule has 0 aliphatic heterocycles. The number of carbonyl (C=O) groups excluding carboxylic acids is 1. The molecule has 0 heterocycles. The van der Waals surface area contributed by atoms with Gasteiger partial charge < -0.3 is 0 Å². The highest BCUT2D eigenvalue weighted by Crippen LogP contribution is 2.16. The maximum atomic E-state index is 13.5. The molecule has 0 aromatic heterocycles. The van der Waals surface area contributed by atoms with Crippen molar-refractivity contribution in [2.24, 2.45) is 0 Å². The Kier molecular flexibility index (Phi) is 3.72. The molecule has 0 radical (unpaired) electrons. The van der Waals surface area contributed by atoms with Crippen molar-refractivity contribution in [3.05, 3.63) is 70.2 Å². The van der Waals surface area contributed by atoms with Gasteiger partial charge in [0.05, 0.1) is 5.56 Å². The molecule has 2 aromatic rings. The van der Waals surface area contributed by atoms with Crippen LogP contribution in [0.3, 0.4) is 0 Å². The number of carbonyl (C=O) groups is 1. The molecule has 2 aromatic carbocycles. The number of rotatable bonds is 3. The quantitative estimate of drug-likeness (QED) is 0.766. The Bertz CT molecular complexity index is 579. The van der Waals surface area contributed by atoms with E-state index in [0.717, 1.165) is 6.07 Å². The first-order valence-corrected chi connectivity index (χ1v) is 5.67. The lowest BCUT2D eigenvalue weighted by Crippen LogP contribution is -2.06. The van der Waals surface area contributed by atoms with E-state index in [9.17, 15) is 13.6 Å². The first-order chi connectivity index (χ1) is 8.56. The first kappa shape index (κ1) is 12.7. The van der Waals surface area contributed by atoms with Gasteiger partial charge in [0.1, 0.15) is 11.6 Å². The number of benzene rings is 2. The molecule has 0 bridgehead atoms. The molecule has 0 saturated carbocycles. The van der Waals surface area contributed by atoms with Gasteiger partial charge in [-0.15, -0.1) is 0 Å².